The van der Waals surface area contributed by atoms with Crippen molar-refractivity contribution in [3.05, 3.63) is 70.3 Å². The van der Waals surface area contributed by atoms with Gasteiger partial charge >= 0.3 is 0 Å². The lowest BCUT2D eigenvalue weighted by molar-refractivity contribution is -0.118. The number of nitrogens with one attached hydrogen (secondary N) is 1. The van der Waals surface area contributed by atoms with Crippen LogP contribution in [0.15, 0.2) is 53.5 Å². The van der Waals surface area contributed by atoms with E-state index < -0.39 is 0 Å². The van der Waals surface area contributed by atoms with Gasteiger partial charge in [0.25, 0.3) is 5.56 Å². The Morgan fingerprint density at radius 2 is 2.00 bits per heavy atom. The van der Waals surface area contributed by atoms with Crippen molar-refractivity contribution in [3.8, 4) is 5.75 Å². The number of hydrogen-bond acceptors (Lipinski definition) is 4. The Morgan fingerprint density at radius 3 is 2.77 bits per heavy atom. The number of para-hydroxylation sites is 2. The van der Waals surface area contributed by atoms with Gasteiger partial charge in [0.1, 0.15) is 18.0 Å². The maximum Gasteiger partial charge on any atom is 0.258 e. The molecule has 3 aromatic rings. The molecule has 6 heteroatoms. The van der Waals surface area contributed by atoms with Gasteiger partial charge < -0.3 is 10.1 Å². The molecule has 0 aliphatic carbocycles. The molecule has 0 radical (unpaired) electrons. The van der Waals surface area contributed by atoms with E-state index in [2.05, 4.69) is 10.3 Å². The number of fused-ring (bicyclic) bond motifs is 1. The van der Waals surface area contributed by atoms with Crippen molar-refractivity contribution in [2.24, 2.45) is 5.92 Å². The van der Waals surface area contributed by atoms with Gasteiger partial charge in [0.05, 0.1) is 11.4 Å². The number of carbonyl (C=O) groups is 1. The van der Waals surface area contributed by atoms with E-state index in [9.17, 15) is 9.59 Å². The minimum Gasteiger partial charge on any atom is -0.485 e. The fourth-order valence-corrected chi connectivity index (χ4v) is 2.51. The molecular weight excluding hydrogens is 330 g/mol. The third kappa shape index (κ3) is 3.74. The predicted octanol–water partition coefficient (Wildman–Crippen LogP) is 3.18. The van der Waals surface area contributed by atoms with Gasteiger partial charge in [0, 0.05) is 18.2 Å². The summed E-state index contributed by atoms with van der Waals surface area (Å²) in [6.07, 6.45) is 1.69. The quantitative estimate of drug-likeness (QED) is 0.766. The minimum atomic E-state index is -0.154. The summed E-state index contributed by atoms with van der Waals surface area (Å²) in [5, 5.41) is 2.85. The number of aryl methyl sites for hydroxylation is 1. The van der Waals surface area contributed by atoms with E-state index in [0.29, 0.717) is 22.8 Å². The maximum absolute atomic E-state index is 12.3. The van der Waals surface area contributed by atoms with Crippen molar-refractivity contribution in [2.45, 2.75) is 27.4 Å². The van der Waals surface area contributed by atoms with Gasteiger partial charge in [-0.05, 0) is 30.7 Å². The number of anilines is 1. The molecule has 0 unspecified atom stereocenters. The Hall–Kier alpha value is -3.15. The zero-order valence-electron chi connectivity index (χ0n) is 15.0. The van der Waals surface area contributed by atoms with Crippen molar-refractivity contribution in [1.29, 1.82) is 0 Å². The lowest BCUT2D eigenvalue weighted by Crippen LogP contribution is -2.19. The van der Waals surface area contributed by atoms with E-state index in [-0.39, 0.29) is 24.0 Å². The van der Waals surface area contributed by atoms with Crippen LogP contribution in [0.3, 0.4) is 0 Å². The first-order valence-corrected chi connectivity index (χ1v) is 8.46. The summed E-state index contributed by atoms with van der Waals surface area (Å²) in [5.41, 5.74) is 2.50. The Bertz CT molecular complexity index is 1010. The van der Waals surface area contributed by atoms with Gasteiger partial charge in [-0.15, -0.1) is 0 Å². The second-order valence-corrected chi connectivity index (χ2v) is 6.40. The number of carbonyl (C=O) groups excluding carboxylic acids is 1. The highest BCUT2D eigenvalue weighted by Crippen LogP contribution is 2.25. The van der Waals surface area contributed by atoms with Crippen molar-refractivity contribution < 1.29 is 9.53 Å². The molecular formula is C20H21N3O3. The molecule has 26 heavy (non-hydrogen) atoms. The van der Waals surface area contributed by atoms with Crippen LogP contribution in [-0.2, 0) is 11.4 Å². The highest BCUT2D eigenvalue weighted by molar-refractivity contribution is 5.93. The molecule has 2 aromatic heterocycles. The molecule has 0 atom stereocenters. The highest BCUT2D eigenvalue weighted by atomic mass is 16.5. The zero-order valence-corrected chi connectivity index (χ0v) is 15.0. The number of ether oxygens (including phenoxy) is 1. The lowest BCUT2D eigenvalue weighted by Gasteiger charge is -2.13. The van der Waals surface area contributed by atoms with Crippen LogP contribution in [0.5, 0.6) is 5.75 Å². The van der Waals surface area contributed by atoms with Crippen LogP contribution < -0.4 is 15.6 Å². The standard InChI is InChI=1S/C20H21N3O3/c1-13(2)20(25)22-16-8-4-5-9-17(16)26-12-15-11-18(24)23-10-6-7-14(3)19(23)21-15/h4-11,13H,12H2,1-3H3,(H,22,25). The molecule has 1 N–H and O–H groups in total. The Morgan fingerprint density at radius 1 is 1.23 bits per heavy atom. The molecule has 0 saturated heterocycles. The van der Waals surface area contributed by atoms with Crippen molar-refractivity contribution in [1.82, 2.24) is 9.38 Å². The van der Waals surface area contributed by atoms with E-state index in [4.69, 9.17) is 4.74 Å². The predicted molar refractivity (Wildman–Crippen MR) is 100 cm³/mol. The minimum absolute atomic E-state index is 0.0845. The van der Waals surface area contributed by atoms with E-state index in [1.807, 2.05) is 45.0 Å². The maximum atomic E-state index is 12.3. The van der Waals surface area contributed by atoms with Crippen molar-refractivity contribution >= 4 is 17.2 Å². The Labute approximate surface area is 151 Å². The number of rotatable bonds is 5. The summed E-state index contributed by atoms with van der Waals surface area (Å²) in [5.74, 6) is 0.320. The molecule has 0 bridgehead atoms. The molecule has 1 amide bonds. The van der Waals surface area contributed by atoms with Gasteiger partial charge in [-0.2, -0.15) is 0 Å². The largest absolute Gasteiger partial charge is 0.485 e. The molecule has 1 aromatic carbocycles. The average molecular weight is 351 g/mol. The van der Waals surface area contributed by atoms with Gasteiger partial charge in [0.15, 0.2) is 0 Å². The van der Waals surface area contributed by atoms with E-state index in [0.717, 1.165) is 5.56 Å². The third-order valence-corrected chi connectivity index (χ3v) is 3.98. The van der Waals surface area contributed by atoms with Gasteiger partial charge in [-0.3, -0.25) is 14.0 Å². The summed E-state index contributed by atoms with van der Waals surface area (Å²) in [6, 6.07) is 12.4. The normalized spacial score (nSPS) is 10.9. The first kappa shape index (κ1) is 17.7. The number of benzene rings is 1. The zero-order chi connectivity index (χ0) is 18.7. The summed E-state index contributed by atoms with van der Waals surface area (Å²) in [7, 11) is 0. The molecule has 2 heterocycles. The molecule has 3 rings (SSSR count). The van der Waals surface area contributed by atoms with Crippen LogP contribution in [0.4, 0.5) is 5.69 Å². The lowest BCUT2D eigenvalue weighted by atomic mass is 10.2. The second kappa shape index (κ2) is 7.39. The molecule has 0 saturated carbocycles. The second-order valence-electron chi connectivity index (χ2n) is 6.40. The Balaban J connectivity index is 1.84. The molecule has 134 valence electrons. The topological polar surface area (TPSA) is 72.7 Å². The average Bonchev–Trinajstić information content (AvgIpc) is 2.62. The molecule has 0 fully saturated rings. The number of nitrogens with zero attached hydrogens (tertiary/aromatic N) is 2. The van der Waals surface area contributed by atoms with Gasteiger partial charge in [-0.1, -0.05) is 32.0 Å². The van der Waals surface area contributed by atoms with Crippen LogP contribution in [0, 0.1) is 12.8 Å². The van der Waals surface area contributed by atoms with Crippen LogP contribution in [0.2, 0.25) is 0 Å². The summed E-state index contributed by atoms with van der Waals surface area (Å²) >= 11 is 0. The number of hydrogen-bond donors (Lipinski definition) is 1. The monoisotopic (exact) mass is 351 g/mol. The molecule has 0 aliphatic heterocycles. The van der Waals surface area contributed by atoms with E-state index >= 15 is 0 Å². The fourth-order valence-electron chi connectivity index (χ4n) is 2.51. The smallest absolute Gasteiger partial charge is 0.258 e. The highest BCUT2D eigenvalue weighted by Gasteiger charge is 2.11. The van der Waals surface area contributed by atoms with Crippen LogP contribution >= 0.6 is 0 Å². The van der Waals surface area contributed by atoms with E-state index in [1.54, 1.807) is 18.3 Å². The first-order valence-electron chi connectivity index (χ1n) is 8.46. The fraction of sp³-hybridized carbons (Fsp3) is 0.250. The molecule has 0 aliphatic rings. The first-order chi connectivity index (χ1) is 12.5. The third-order valence-electron chi connectivity index (χ3n) is 3.98. The Kier molecular flexibility index (Phi) is 5.02. The summed E-state index contributed by atoms with van der Waals surface area (Å²) in [6.45, 7) is 5.69. The molecule has 6 nitrogen and oxygen atoms in total. The van der Waals surface area contributed by atoms with Crippen molar-refractivity contribution in [2.75, 3.05) is 5.32 Å². The van der Waals surface area contributed by atoms with Crippen LogP contribution in [-0.4, -0.2) is 15.3 Å². The van der Waals surface area contributed by atoms with Gasteiger partial charge in [0.2, 0.25) is 5.91 Å². The van der Waals surface area contributed by atoms with Gasteiger partial charge in [-0.25, -0.2) is 4.98 Å². The number of pyridine rings is 1. The number of aromatic nitrogens is 2. The molecule has 0 spiro atoms. The van der Waals surface area contributed by atoms with Crippen LogP contribution in [0.1, 0.15) is 25.1 Å². The van der Waals surface area contributed by atoms with Crippen molar-refractivity contribution in [3.63, 3.8) is 0 Å². The van der Waals surface area contributed by atoms with E-state index in [1.165, 1.54) is 10.5 Å². The van der Waals surface area contributed by atoms with Crippen LogP contribution in [0.25, 0.3) is 5.65 Å². The SMILES string of the molecule is Cc1cccn2c(=O)cc(COc3ccccc3NC(=O)C(C)C)nc12. The number of amides is 1. The summed E-state index contributed by atoms with van der Waals surface area (Å²) in [4.78, 5) is 28.7. The summed E-state index contributed by atoms with van der Waals surface area (Å²) < 4.78 is 7.33.